The van der Waals surface area contributed by atoms with Crippen molar-refractivity contribution >= 4 is 37.4 Å². The van der Waals surface area contributed by atoms with E-state index in [0.717, 1.165) is 12.8 Å². The molecule has 154 valence electrons. The molecule has 8 nitrogen and oxygen atoms in total. The van der Waals surface area contributed by atoms with Crippen LogP contribution < -0.4 is 13.3 Å². The van der Waals surface area contributed by atoms with Crippen LogP contribution in [0.4, 0.5) is 11.4 Å². The van der Waals surface area contributed by atoms with Crippen molar-refractivity contribution in [1.82, 2.24) is 4.72 Å². The fourth-order valence-corrected chi connectivity index (χ4v) is 6.33. The monoisotopic (exact) mass is 435 g/mol. The summed E-state index contributed by atoms with van der Waals surface area (Å²) < 4.78 is 56.1. The van der Waals surface area contributed by atoms with Crippen molar-refractivity contribution in [1.29, 1.82) is 0 Å². The van der Waals surface area contributed by atoms with Crippen molar-refractivity contribution in [2.45, 2.75) is 30.7 Å². The lowest BCUT2D eigenvalue weighted by Gasteiger charge is -2.21. The highest BCUT2D eigenvalue weighted by Gasteiger charge is 2.47. The van der Waals surface area contributed by atoms with Crippen LogP contribution in [0.2, 0.25) is 0 Å². The number of carbonyl (C=O) groups is 1. The predicted molar refractivity (Wildman–Crippen MR) is 110 cm³/mol. The van der Waals surface area contributed by atoms with Crippen molar-refractivity contribution < 1.29 is 21.6 Å². The molecule has 10 heteroatoms. The van der Waals surface area contributed by atoms with Gasteiger partial charge in [-0.2, -0.15) is 8.42 Å². The number of benzene rings is 2. The molecule has 0 bridgehead atoms. The number of nitrogens with one attached hydrogen (secondary N) is 1. The first-order valence-corrected chi connectivity index (χ1v) is 12.1. The van der Waals surface area contributed by atoms with Crippen LogP contribution in [0.3, 0.4) is 0 Å². The Balaban J connectivity index is 1.49. The molecule has 0 atom stereocenters. The van der Waals surface area contributed by atoms with E-state index >= 15 is 0 Å². The van der Waals surface area contributed by atoms with Crippen molar-refractivity contribution in [3.8, 4) is 0 Å². The summed E-state index contributed by atoms with van der Waals surface area (Å²) in [6.07, 6.45) is 1.65. The SMILES string of the molecule is CC(=O)c1ccc(S(=O)(=O)NCCN2c3ccccc3N(C3CC3)S2(=O)=O)cc1. The molecule has 0 unspecified atom stereocenters. The Hall–Kier alpha value is -2.43. The molecule has 0 radical (unpaired) electrons. The molecule has 1 saturated carbocycles. The molecular formula is C19H21N3O5S2. The Morgan fingerprint density at radius 3 is 2.28 bits per heavy atom. The first kappa shape index (κ1) is 19.9. The van der Waals surface area contributed by atoms with Gasteiger partial charge in [-0.1, -0.05) is 24.3 Å². The van der Waals surface area contributed by atoms with Gasteiger partial charge in [-0.25, -0.2) is 21.8 Å². The molecule has 0 aromatic heterocycles. The molecule has 2 aromatic carbocycles. The van der Waals surface area contributed by atoms with Crippen molar-refractivity contribution in [3.63, 3.8) is 0 Å². The van der Waals surface area contributed by atoms with Crippen LogP contribution in [0.1, 0.15) is 30.1 Å². The zero-order valence-corrected chi connectivity index (χ0v) is 17.4. The standard InChI is InChI=1S/C19H21N3O5S2/c1-14(23)15-6-10-17(11-7-15)28(24,25)20-12-13-21-18-4-2-3-5-19(18)22(16-8-9-16)29(21,26)27/h2-7,10-11,16,20H,8-9,12-13H2,1H3. The van der Waals surface area contributed by atoms with E-state index in [9.17, 15) is 21.6 Å². The van der Waals surface area contributed by atoms with E-state index < -0.39 is 20.2 Å². The lowest BCUT2D eigenvalue weighted by atomic mass is 10.2. The Morgan fingerprint density at radius 1 is 1.07 bits per heavy atom. The third kappa shape index (κ3) is 3.63. The average Bonchev–Trinajstić information content (AvgIpc) is 3.47. The number of Topliss-reactive ketones (excluding diaryl/α,β-unsaturated/α-hetero) is 1. The van der Waals surface area contributed by atoms with Gasteiger partial charge in [0.15, 0.2) is 5.78 Å². The number of carbonyl (C=O) groups excluding carboxylic acids is 1. The number of ketones is 1. The summed E-state index contributed by atoms with van der Waals surface area (Å²) in [6, 6.07) is 12.6. The Morgan fingerprint density at radius 2 is 1.69 bits per heavy atom. The zero-order chi connectivity index (χ0) is 20.8. The second-order valence-electron chi connectivity index (χ2n) is 7.07. The number of hydrogen-bond donors (Lipinski definition) is 1. The van der Waals surface area contributed by atoms with Gasteiger partial charge in [-0.3, -0.25) is 4.79 Å². The lowest BCUT2D eigenvalue weighted by molar-refractivity contribution is 0.101. The number of para-hydroxylation sites is 2. The third-order valence-corrected chi connectivity index (χ3v) is 8.38. The molecule has 0 amide bonds. The van der Waals surface area contributed by atoms with Gasteiger partial charge in [0, 0.05) is 24.7 Å². The van der Waals surface area contributed by atoms with Crippen molar-refractivity contribution in [3.05, 3.63) is 54.1 Å². The van der Waals surface area contributed by atoms with E-state index in [0.29, 0.717) is 16.9 Å². The highest BCUT2D eigenvalue weighted by Crippen LogP contribution is 2.46. The minimum atomic E-state index is -3.82. The molecule has 1 aliphatic heterocycles. The quantitative estimate of drug-likeness (QED) is 0.669. The van der Waals surface area contributed by atoms with E-state index in [1.165, 1.54) is 39.8 Å². The topological polar surface area (TPSA) is 104 Å². The molecule has 0 spiro atoms. The summed E-state index contributed by atoms with van der Waals surface area (Å²) in [4.78, 5) is 11.4. The molecular weight excluding hydrogens is 414 g/mol. The molecule has 1 heterocycles. The maximum atomic E-state index is 13.0. The third-order valence-electron chi connectivity index (χ3n) is 4.97. The lowest BCUT2D eigenvalue weighted by Crippen LogP contribution is -2.42. The van der Waals surface area contributed by atoms with Gasteiger partial charge in [-0.05, 0) is 44.0 Å². The molecule has 1 fully saturated rings. The van der Waals surface area contributed by atoms with Crippen LogP contribution in [-0.2, 0) is 20.2 Å². The van der Waals surface area contributed by atoms with Gasteiger partial charge >= 0.3 is 10.2 Å². The summed E-state index contributed by atoms with van der Waals surface area (Å²) >= 11 is 0. The van der Waals surface area contributed by atoms with E-state index in [4.69, 9.17) is 0 Å². The Labute approximate surface area is 170 Å². The number of fused-ring (bicyclic) bond motifs is 1. The molecule has 4 rings (SSSR count). The van der Waals surface area contributed by atoms with Crippen LogP contribution in [0.25, 0.3) is 0 Å². The Kier molecular flexibility index (Phi) is 4.88. The molecule has 29 heavy (non-hydrogen) atoms. The fraction of sp³-hybridized carbons (Fsp3) is 0.316. The van der Waals surface area contributed by atoms with Gasteiger partial charge in [0.1, 0.15) is 0 Å². The van der Waals surface area contributed by atoms with E-state index in [1.807, 2.05) is 0 Å². The number of sulfonamides is 1. The fourth-order valence-electron chi connectivity index (χ4n) is 3.38. The highest BCUT2D eigenvalue weighted by molar-refractivity contribution is 7.94. The summed E-state index contributed by atoms with van der Waals surface area (Å²) in [5.41, 5.74) is 1.62. The zero-order valence-electron chi connectivity index (χ0n) is 15.8. The number of rotatable bonds is 7. The number of anilines is 2. The Bertz CT molecular complexity index is 1160. The molecule has 1 aliphatic carbocycles. The molecule has 1 N–H and O–H groups in total. The van der Waals surface area contributed by atoms with Crippen LogP contribution in [0, 0.1) is 0 Å². The normalized spacial score (nSPS) is 18.0. The maximum absolute atomic E-state index is 13.0. The molecule has 0 saturated heterocycles. The first-order chi connectivity index (χ1) is 13.7. The van der Waals surface area contributed by atoms with E-state index in [1.54, 1.807) is 24.3 Å². The highest BCUT2D eigenvalue weighted by atomic mass is 32.2. The van der Waals surface area contributed by atoms with Crippen molar-refractivity contribution in [2.75, 3.05) is 21.7 Å². The van der Waals surface area contributed by atoms with E-state index in [-0.39, 0.29) is 29.8 Å². The summed E-state index contributed by atoms with van der Waals surface area (Å²) in [6.45, 7) is 1.30. The minimum absolute atomic E-state index is 0.0202. The molecule has 2 aromatic rings. The van der Waals surface area contributed by atoms with Crippen LogP contribution in [-0.4, -0.2) is 41.8 Å². The predicted octanol–water partition coefficient (Wildman–Crippen LogP) is 1.90. The van der Waals surface area contributed by atoms with Gasteiger partial charge in [0.2, 0.25) is 10.0 Å². The second-order valence-corrected chi connectivity index (χ2v) is 10.6. The number of hydrogen-bond acceptors (Lipinski definition) is 5. The van der Waals surface area contributed by atoms with Gasteiger partial charge in [0.05, 0.1) is 16.3 Å². The van der Waals surface area contributed by atoms with Gasteiger partial charge in [0.25, 0.3) is 0 Å². The van der Waals surface area contributed by atoms with E-state index in [2.05, 4.69) is 4.72 Å². The summed E-state index contributed by atoms with van der Waals surface area (Å²) in [7, 11) is -7.55. The average molecular weight is 436 g/mol. The largest absolute Gasteiger partial charge is 0.326 e. The minimum Gasteiger partial charge on any atom is -0.295 e. The maximum Gasteiger partial charge on any atom is 0.326 e. The summed E-state index contributed by atoms with van der Waals surface area (Å²) in [5, 5.41) is 0. The van der Waals surface area contributed by atoms with Crippen molar-refractivity contribution in [2.24, 2.45) is 0 Å². The van der Waals surface area contributed by atoms with Gasteiger partial charge < -0.3 is 0 Å². The van der Waals surface area contributed by atoms with Crippen LogP contribution in [0.5, 0.6) is 0 Å². The first-order valence-electron chi connectivity index (χ1n) is 9.23. The van der Waals surface area contributed by atoms with Gasteiger partial charge in [-0.15, -0.1) is 0 Å². The summed E-state index contributed by atoms with van der Waals surface area (Å²) in [5.74, 6) is -0.153. The van der Waals surface area contributed by atoms with Crippen LogP contribution >= 0.6 is 0 Å². The van der Waals surface area contributed by atoms with Crippen LogP contribution in [0.15, 0.2) is 53.4 Å². The number of nitrogens with zero attached hydrogens (tertiary/aromatic N) is 2. The molecule has 2 aliphatic rings. The smallest absolute Gasteiger partial charge is 0.295 e. The second kappa shape index (κ2) is 7.12.